The molecule has 11 nitrogen and oxygen atoms in total. The maximum Gasteiger partial charge on any atom is 0.328 e. The Morgan fingerprint density at radius 3 is 2.20 bits per heavy atom. The lowest BCUT2D eigenvalue weighted by Crippen LogP contribution is -2.42. The van der Waals surface area contributed by atoms with Crippen molar-refractivity contribution >= 4 is 29.7 Å². The van der Waals surface area contributed by atoms with Crippen LogP contribution in [0.4, 0.5) is 0 Å². The van der Waals surface area contributed by atoms with Gasteiger partial charge in [0.2, 0.25) is 11.8 Å². The first-order chi connectivity index (χ1) is 16.7. The van der Waals surface area contributed by atoms with Gasteiger partial charge in [-0.05, 0) is 32.6 Å². The summed E-state index contributed by atoms with van der Waals surface area (Å²) >= 11 is 0. The maximum atomic E-state index is 12.1. The number of ether oxygens (including phenoxy) is 1. The Hall–Kier alpha value is -2.85. The third-order valence-corrected chi connectivity index (χ3v) is 5.40. The molecule has 2 amide bonds. The standard InChI is InChI=1S/C19H38N4O3.C5H7NO3/c1-3-5-6-7-8-9-10-11-14-17(24)23-16(18(25)26-4-2)13-12-15-22-19(20)21;7-4-2-1-3(6-4)5(8)9/h16H,3-15H2,1-2H3,(H,23,24)(H4,20,21,22);3H,1-2H2,(H,6,7)(H,8,9)/t16-;3-/m00/s1. The van der Waals surface area contributed by atoms with Crippen LogP contribution in [0.15, 0.2) is 4.99 Å². The normalized spacial score (nSPS) is 15.3. The minimum absolute atomic E-state index is 0.0245. The summed E-state index contributed by atoms with van der Waals surface area (Å²) in [5.41, 5.74) is 10.6. The molecule has 1 saturated heterocycles. The molecule has 202 valence electrons. The number of esters is 1. The van der Waals surface area contributed by atoms with Crippen LogP contribution < -0.4 is 22.1 Å². The molecule has 0 bridgehead atoms. The molecule has 0 aromatic heterocycles. The number of aliphatic carboxylic acids is 1. The van der Waals surface area contributed by atoms with Crippen LogP contribution >= 0.6 is 0 Å². The van der Waals surface area contributed by atoms with E-state index in [1.165, 1.54) is 32.1 Å². The highest BCUT2D eigenvalue weighted by atomic mass is 16.5. The number of rotatable bonds is 17. The lowest BCUT2D eigenvalue weighted by molar-refractivity contribution is -0.147. The number of amides is 2. The highest BCUT2D eigenvalue weighted by Crippen LogP contribution is 2.10. The van der Waals surface area contributed by atoms with Crippen LogP contribution in [0.3, 0.4) is 0 Å². The first-order valence-electron chi connectivity index (χ1n) is 12.7. The van der Waals surface area contributed by atoms with E-state index in [1.54, 1.807) is 6.92 Å². The van der Waals surface area contributed by atoms with Crippen molar-refractivity contribution in [3.8, 4) is 0 Å². The molecule has 0 aromatic carbocycles. The van der Waals surface area contributed by atoms with Crippen LogP contribution in [-0.2, 0) is 23.9 Å². The molecule has 0 unspecified atom stereocenters. The minimum Gasteiger partial charge on any atom is -0.480 e. The summed E-state index contributed by atoms with van der Waals surface area (Å²) in [6, 6.07) is -1.27. The lowest BCUT2D eigenvalue weighted by atomic mass is 10.1. The van der Waals surface area contributed by atoms with E-state index in [0.717, 1.165) is 19.3 Å². The smallest absolute Gasteiger partial charge is 0.328 e. The van der Waals surface area contributed by atoms with Crippen molar-refractivity contribution in [3.05, 3.63) is 0 Å². The van der Waals surface area contributed by atoms with Gasteiger partial charge in [0.15, 0.2) is 5.96 Å². The number of guanidine groups is 1. The summed E-state index contributed by atoms with van der Waals surface area (Å²) < 4.78 is 5.03. The van der Waals surface area contributed by atoms with E-state index in [1.807, 2.05) is 0 Å². The molecule has 2 atom stereocenters. The minimum atomic E-state index is -0.944. The fourth-order valence-corrected chi connectivity index (χ4v) is 3.48. The maximum absolute atomic E-state index is 12.1. The van der Waals surface area contributed by atoms with Gasteiger partial charge in [0.25, 0.3) is 0 Å². The Kier molecular flexibility index (Phi) is 18.8. The van der Waals surface area contributed by atoms with E-state index in [4.69, 9.17) is 21.3 Å². The molecule has 0 aliphatic carbocycles. The highest BCUT2D eigenvalue weighted by Gasteiger charge is 2.26. The van der Waals surface area contributed by atoms with Gasteiger partial charge in [0.05, 0.1) is 6.61 Å². The van der Waals surface area contributed by atoms with Crippen molar-refractivity contribution in [1.29, 1.82) is 0 Å². The van der Waals surface area contributed by atoms with E-state index in [2.05, 4.69) is 22.5 Å². The van der Waals surface area contributed by atoms with Crippen molar-refractivity contribution in [3.63, 3.8) is 0 Å². The fraction of sp³-hybridized carbons (Fsp3) is 0.792. The second-order valence-corrected chi connectivity index (χ2v) is 8.54. The summed E-state index contributed by atoms with van der Waals surface area (Å²) in [5.74, 6) is -1.59. The Labute approximate surface area is 208 Å². The summed E-state index contributed by atoms with van der Waals surface area (Å²) in [7, 11) is 0. The van der Waals surface area contributed by atoms with Gasteiger partial charge in [-0.3, -0.25) is 14.6 Å². The van der Waals surface area contributed by atoms with Crippen LogP contribution in [0.1, 0.15) is 97.3 Å². The molecule has 0 saturated carbocycles. The highest BCUT2D eigenvalue weighted by molar-refractivity contribution is 5.87. The van der Waals surface area contributed by atoms with Crippen molar-refractivity contribution in [2.75, 3.05) is 13.2 Å². The Morgan fingerprint density at radius 1 is 1.09 bits per heavy atom. The molecule has 1 aliphatic rings. The van der Waals surface area contributed by atoms with E-state index in [0.29, 0.717) is 38.6 Å². The average Bonchev–Trinajstić information content (AvgIpc) is 3.25. The van der Waals surface area contributed by atoms with Gasteiger partial charge in [0, 0.05) is 19.4 Å². The summed E-state index contributed by atoms with van der Waals surface area (Å²) in [6.07, 6.45) is 11.7. The monoisotopic (exact) mass is 499 g/mol. The van der Waals surface area contributed by atoms with Gasteiger partial charge < -0.3 is 31.9 Å². The van der Waals surface area contributed by atoms with Gasteiger partial charge in [-0.15, -0.1) is 0 Å². The Morgan fingerprint density at radius 2 is 1.71 bits per heavy atom. The first kappa shape index (κ1) is 32.1. The van der Waals surface area contributed by atoms with E-state index in [-0.39, 0.29) is 24.4 Å². The van der Waals surface area contributed by atoms with Crippen molar-refractivity contribution in [1.82, 2.24) is 10.6 Å². The molecule has 0 aromatic rings. The molecule has 7 N–H and O–H groups in total. The largest absolute Gasteiger partial charge is 0.480 e. The Bertz CT molecular complexity index is 667. The molecule has 1 rings (SSSR count). The van der Waals surface area contributed by atoms with Crippen molar-refractivity contribution < 1.29 is 29.0 Å². The predicted molar refractivity (Wildman–Crippen MR) is 135 cm³/mol. The number of carboxylic acid groups (broad SMARTS) is 1. The number of nitrogens with one attached hydrogen (secondary N) is 2. The SMILES string of the molecule is CCCCCCCCCCC(=O)N[C@@H](CCCN=C(N)N)C(=O)OCC.O=C1CC[C@@H](C(=O)O)N1. The fourth-order valence-electron chi connectivity index (χ4n) is 3.48. The molecule has 1 aliphatic heterocycles. The molecule has 1 fully saturated rings. The third-order valence-electron chi connectivity index (χ3n) is 5.40. The number of hydrogen-bond donors (Lipinski definition) is 5. The van der Waals surface area contributed by atoms with Gasteiger partial charge in [0.1, 0.15) is 12.1 Å². The summed E-state index contributed by atoms with van der Waals surface area (Å²) in [6.45, 7) is 4.67. The van der Waals surface area contributed by atoms with Gasteiger partial charge in [-0.1, -0.05) is 51.9 Å². The second-order valence-electron chi connectivity index (χ2n) is 8.54. The molecular weight excluding hydrogens is 454 g/mol. The predicted octanol–water partition coefficient (Wildman–Crippen LogP) is 1.97. The van der Waals surface area contributed by atoms with E-state index in [9.17, 15) is 19.2 Å². The number of carbonyl (C=O) groups is 4. The zero-order valence-electron chi connectivity index (χ0n) is 21.4. The Balaban J connectivity index is 0.00000106. The number of carbonyl (C=O) groups excluding carboxylic acids is 3. The zero-order valence-corrected chi connectivity index (χ0v) is 21.4. The number of nitrogens with zero attached hydrogens (tertiary/aromatic N) is 1. The van der Waals surface area contributed by atoms with Crippen LogP contribution in [0.2, 0.25) is 0 Å². The van der Waals surface area contributed by atoms with E-state index < -0.39 is 24.0 Å². The quantitative estimate of drug-likeness (QED) is 0.0869. The lowest BCUT2D eigenvalue weighted by Gasteiger charge is -2.17. The van der Waals surface area contributed by atoms with Crippen LogP contribution in [0.25, 0.3) is 0 Å². The number of unbranched alkanes of at least 4 members (excludes halogenated alkanes) is 7. The molecule has 11 heteroatoms. The topological polar surface area (TPSA) is 186 Å². The van der Waals surface area contributed by atoms with Crippen LogP contribution in [0, 0.1) is 0 Å². The average molecular weight is 500 g/mol. The molecule has 0 spiro atoms. The first-order valence-corrected chi connectivity index (χ1v) is 12.7. The zero-order chi connectivity index (χ0) is 26.5. The third kappa shape index (κ3) is 18.2. The van der Waals surface area contributed by atoms with E-state index >= 15 is 0 Å². The molecule has 35 heavy (non-hydrogen) atoms. The van der Waals surface area contributed by atoms with Crippen molar-refractivity contribution in [2.45, 2.75) is 109 Å². The number of hydrogen-bond acceptors (Lipinski definition) is 6. The van der Waals surface area contributed by atoms with Crippen LogP contribution in [0.5, 0.6) is 0 Å². The summed E-state index contributed by atoms with van der Waals surface area (Å²) in [4.78, 5) is 48.5. The molecule has 1 heterocycles. The summed E-state index contributed by atoms with van der Waals surface area (Å²) in [5, 5.41) is 13.4. The molecular formula is C24H45N5O6. The van der Waals surface area contributed by atoms with Crippen molar-refractivity contribution in [2.24, 2.45) is 16.5 Å². The van der Waals surface area contributed by atoms with Gasteiger partial charge in [-0.25, -0.2) is 9.59 Å². The van der Waals surface area contributed by atoms with Crippen LogP contribution in [-0.4, -0.2) is 60.1 Å². The van der Waals surface area contributed by atoms with Gasteiger partial charge >= 0.3 is 11.9 Å². The van der Waals surface area contributed by atoms with Gasteiger partial charge in [-0.2, -0.15) is 0 Å². The number of nitrogens with two attached hydrogens (primary N) is 2. The number of aliphatic imine (C=N–C) groups is 1. The second kappa shape index (κ2) is 20.5. The number of carboxylic acids is 1. The molecule has 0 radical (unpaired) electrons.